The first-order chi connectivity index (χ1) is 14.2. The number of ketones is 1. The normalized spacial score (nSPS) is 11.3. The lowest BCUT2D eigenvalue weighted by atomic mass is 9.90. The van der Waals surface area contributed by atoms with Gasteiger partial charge in [0.25, 0.3) is 5.56 Å². The molecule has 156 valence electrons. The number of nitrogens with zero attached hydrogens (tertiary/aromatic N) is 2. The molecule has 0 unspecified atom stereocenters. The summed E-state index contributed by atoms with van der Waals surface area (Å²) in [5, 5.41) is 4.83. The molecule has 6 heteroatoms. The van der Waals surface area contributed by atoms with Gasteiger partial charge in [0.1, 0.15) is 0 Å². The van der Waals surface area contributed by atoms with Crippen molar-refractivity contribution >= 4 is 22.5 Å². The lowest BCUT2D eigenvalue weighted by Crippen LogP contribution is -2.25. The van der Waals surface area contributed by atoms with Crippen LogP contribution in [0.3, 0.4) is 0 Å². The number of carbonyl (C=O) groups is 2. The molecule has 0 saturated heterocycles. The fraction of sp³-hybridized carbons (Fsp3) is 0.333. The summed E-state index contributed by atoms with van der Waals surface area (Å²) in [6.07, 6.45) is 0. The van der Waals surface area contributed by atoms with Gasteiger partial charge in [0.15, 0.2) is 12.3 Å². The number of aromatic nitrogens is 2. The molecule has 0 aliphatic rings. The van der Waals surface area contributed by atoms with Gasteiger partial charge < -0.3 is 4.74 Å². The van der Waals surface area contributed by atoms with Crippen LogP contribution in [-0.4, -0.2) is 28.1 Å². The predicted octanol–water partition coefficient (Wildman–Crippen LogP) is 4.22. The maximum Gasteiger partial charge on any atom is 0.359 e. The summed E-state index contributed by atoms with van der Waals surface area (Å²) < 4.78 is 6.39. The van der Waals surface area contributed by atoms with E-state index in [0.717, 1.165) is 15.8 Å². The molecule has 1 heterocycles. The van der Waals surface area contributed by atoms with Crippen molar-refractivity contribution in [2.45, 2.75) is 39.5 Å². The Bertz CT molecular complexity index is 1180. The molecule has 0 aliphatic carbocycles. The van der Waals surface area contributed by atoms with Gasteiger partial charge in [-0.1, -0.05) is 64.1 Å². The van der Waals surface area contributed by atoms with Crippen molar-refractivity contribution in [2.24, 2.45) is 7.05 Å². The highest BCUT2D eigenvalue weighted by molar-refractivity contribution is 6.04. The highest BCUT2D eigenvalue weighted by atomic mass is 16.5. The molecule has 30 heavy (non-hydrogen) atoms. The number of aryl methyl sites for hydroxylation is 1. The fourth-order valence-electron chi connectivity index (χ4n) is 3.40. The molecule has 0 amide bonds. The van der Waals surface area contributed by atoms with Gasteiger partial charge in [0.2, 0.25) is 5.78 Å². The third-order valence-corrected chi connectivity index (χ3v) is 5.15. The van der Waals surface area contributed by atoms with Gasteiger partial charge in [-0.05, 0) is 29.0 Å². The van der Waals surface area contributed by atoms with Crippen LogP contribution in [0.25, 0.3) is 10.8 Å². The van der Waals surface area contributed by atoms with Crippen LogP contribution in [0, 0.1) is 0 Å². The second-order valence-electron chi connectivity index (χ2n) is 7.98. The van der Waals surface area contributed by atoms with Gasteiger partial charge in [0.05, 0.1) is 5.39 Å². The summed E-state index contributed by atoms with van der Waals surface area (Å²) in [5.74, 6) is -0.488. The Labute approximate surface area is 175 Å². The van der Waals surface area contributed by atoms with E-state index in [9.17, 15) is 14.4 Å². The highest BCUT2D eigenvalue weighted by Crippen LogP contribution is 2.25. The minimum absolute atomic E-state index is 0.0136. The van der Waals surface area contributed by atoms with Crippen LogP contribution >= 0.6 is 0 Å². The Morgan fingerprint density at radius 2 is 1.67 bits per heavy atom. The number of carbonyl (C=O) groups excluding carboxylic acids is 2. The van der Waals surface area contributed by atoms with Crippen molar-refractivity contribution in [2.75, 3.05) is 6.61 Å². The van der Waals surface area contributed by atoms with E-state index in [4.69, 9.17) is 4.74 Å². The summed E-state index contributed by atoms with van der Waals surface area (Å²) in [5.41, 5.74) is 2.37. The largest absolute Gasteiger partial charge is 0.452 e. The summed E-state index contributed by atoms with van der Waals surface area (Å²) in [4.78, 5) is 37.7. The monoisotopic (exact) mass is 406 g/mol. The van der Waals surface area contributed by atoms with Gasteiger partial charge in [0, 0.05) is 18.0 Å². The van der Waals surface area contributed by atoms with Gasteiger partial charge in [-0.25, -0.2) is 9.48 Å². The molecule has 2 aromatic carbocycles. The van der Waals surface area contributed by atoms with Crippen LogP contribution in [0.15, 0.2) is 47.3 Å². The molecular weight excluding hydrogens is 380 g/mol. The molecule has 0 fully saturated rings. The van der Waals surface area contributed by atoms with E-state index in [0.29, 0.717) is 22.3 Å². The van der Waals surface area contributed by atoms with Crippen molar-refractivity contribution in [1.29, 1.82) is 0 Å². The first-order valence-electron chi connectivity index (χ1n) is 10.0. The van der Waals surface area contributed by atoms with E-state index in [1.54, 1.807) is 30.3 Å². The Balaban J connectivity index is 1.86. The molecule has 0 bridgehead atoms. The van der Waals surface area contributed by atoms with E-state index in [1.807, 2.05) is 26.0 Å². The third kappa shape index (κ3) is 4.17. The van der Waals surface area contributed by atoms with Gasteiger partial charge in [-0.2, -0.15) is 5.10 Å². The van der Waals surface area contributed by atoms with E-state index < -0.39 is 12.6 Å². The zero-order valence-electron chi connectivity index (χ0n) is 17.9. The predicted molar refractivity (Wildman–Crippen MR) is 116 cm³/mol. The molecular formula is C24H26N2O4. The number of esters is 1. The third-order valence-electron chi connectivity index (χ3n) is 5.15. The van der Waals surface area contributed by atoms with Crippen molar-refractivity contribution < 1.29 is 14.3 Å². The molecule has 0 atom stereocenters. The van der Waals surface area contributed by atoms with Crippen LogP contribution < -0.4 is 5.56 Å². The van der Waals surface area contributed by atoms with Crippen LogP contribution in [0.4, 0.5) is 0 Å². The smallest absolute Gasteiger partial charge is 0.359 e. The minimum Gasteiger partial charge on any atom is -0.452 e. The van der Waals surface area contributed by atoms with E-state index >= 15 is 0 Å². The number of hydrogen-bond acceptors (Lipinski definition) is 5. The van der Waals surface area contributed by atoms with Crippen LogP contribution in [0.2, 0.25) is 0 Å². The lowest BCUT2D eigenvalue weighted by Gasteiger charge is -2.16. The maximum atomic E-state index is 12.8. The molecule has 0 aliphatic heterocycles. The topological polar surface area (TPSA) is 78.3 Å². The fourth-order valence-corrected chi connectivity index (χ4v) is 3.40. The number of hydrogen-bond donors (Lipinski definition) is 0. The number of Topliss-reactive ketones (excluding diaryl/α,β-unsaturated/α-hetero) is 1. The summed E-state index contributed by atoms with van der Waals surface area (Å²) in [7, 11) is 1.47. The highest BCUT2D eigenvalue weighted by Gasteiger charge is 2.20. The van der Waals surface area contributed by atoms with Gasteiger partial charge in [-0.3, -0.25) is 9.59 Å². The van der Waals surface area contributed by atoms with Crippen molar-refractivity contribution in [3.63, 3.8) is 0 Å². The average molecular weight is 406 g/mol. The zero-order valence-corrected chi connectivity index (χ0v) is 17.9. The van der Waals surface area contributed by atoms with Gasteiger partial charge in [-0.15, -0.1) is 0 Å². The molecule has 1 aromatic heterocycles. The minimum atomic E-state index is -0.736. The standard InChI is InChI=1S/C24H26N2O4/c1-14(2)16-10-11-17(20(12-16)15(3)4)21(27)13-30-24(29)22-18-8-6-7-9-19(18)23(28)26(5)25-22/h6-12,14-15H,13H2,1-5H3. The second-order valence-corrected chi connectivity index (χ2v) is 7.98. The Morgan fingerprint density at radius 1 is 1.00 bits per heavy atom. The maximum absolute atomic E-state index is 12.8. The van der Waals surface area contributed by atoms with Crippen molar-refractivity contribution in [3.8, 4) is 0 Å². The molecule has 3 rings (SSSR count). The zero-order chi connectivity index (χ0) is 22.0. The molecule has 3 aromatic rings. The first kappa shape index (κ1) is 21.4. The number of benzene rings is 2. The van der Waals surface area contributed by atoms with Crippen molar-refractivity contribution in [3.05, 3.63) is 75.2 Å². The summed E-state index contributed by atoms with van der Waals surface area (Å²) >= 11 is 0. The van der Waals surface area contributed by atoms with Crippen molar-refractivity contribution in [1.82, 2.24) is 9.78 Å². The molecule has 0 saturated carbocycles. The Kier molecular flexibility index (Phi) is 6.15. The average Bonchev–Trinajstić information content (AvgIpc) is 2.73. The summed E-state index contributed by atoms with van der Waals surface area (Å²) in [6, 6.07) is 12.5. The van der Waals surface area contributed by atoms with Gasteiger partial charge >= 0.3 is 5.97 Å². The SMILES string of the molecule is CC(C)c1ccc(C(=O)COC(=O)c2nn(C)c(=O)c3ccccc23)c(C(C)C)c1. The molecule has 0 spiro atoms. The molecule has 0 radical (unpaired) electrons. The summed E-state index contributed by atoms with van der Waals surface area (Å²) in [6.45, 7) is 7.88. The molecule has 0 N–H and O–H groups in total. The van der Waals surface area contributed by atoms with E-state index in [-0.39, 0.29) is 23.0 Å². The Hall–Kier alpha value is -3.28. The number of fused-ring (bicyclic) bond motifs is 1. The van der Waals surface area contributed by atoms with Crippen LogP contribution in [0.5, 0.6) is 0 Å². The number of rotatable bonds is 6. The van der Waals surface area contributed by atoms with E-state index in [1.165, 1.54) is 7.05 Å². The quantitative estimate of drug-likeness (QED) is 0.452. The molecule has 6 nitrogen and oxygen atoms in total. The first-order valence-corrected chi connectivity index (χ1v) is 10.0. The van der Waals surface area contributed by atoms with Crippen LogP contribution in [0.1, 0.15) is 71.5 Å². The lowest BCUT2D eigenvalue weighted by molar-refractivity contribution is 0.0468. The number of ether oxygens (including phenoxy) is 1. The van der Waals surface area contributed by atoms with Crippen LogP contribution in [-0.2, 0) is 11.8 Å². The Morgan fingerprint density at radius 3 is 2.30 bits per heavy atom. The van der Waals surface area contributed by atoms with E-state index in [2.05, 4.69) is 18.9 Å². The second kappa shape index (κ2) is 8.61.